The molecule has 0 fully saturated rings. The first kappa shape index (κ1) is 12.7. The van der Waals surface area contributed by atoms with Crippen LogP contribution >= 0.6 is 0 Å². The van der Waals surface area contributed by atoms with Gasteiger partial charge >= 0.3 is 0 Å². The predicted molar refractivity (Wildman–Crippen MR) is 81.9 cm³/mol. The van der Waals surface area contributed by atoms with E-state index in [2.05, 4.69) is 50.2 Å². The first-order chi connectivity index (χ1) is 9.26. The number of hydrogen-bond acceptors (Lipinski definition) is 0. The van der Waals surface area contributed by atoms with Gasteiger partial charge in [-0.3, -0.25) is 0 Å². The highest BCUT2D eigenvalue weighted by Gasteiger charge is 2.34. The van der Waals surface area contributed by atoms with Crippen LogP contribution in [0.4, 0.5) is 0 Å². The van der Waals surface area contributed by atoms with Crippen LogP contribution in [0, 0.1) is 0 Å². The molecule has 0 spiro atoms. The van der Waals surface area contributed by atoms with Gasteiger partial charge in [0.25, 0.3) is 0 Å². The Morgan fingerprint density at radius 3 is 1.74 bits per heavy atom. The largest absolute Gasteiger partial charge is 0.316 e. The SMILES string of the molecule is CCC[N+]1(CCC)Cc2cc3ccccc3cc2C1. The van der Waals surface area contributed by atoms with Crippen molar-refractivity contribution in [3.05, 3.63) is 47.5 Å². The minimum atomic E-state index is 1.24. The van der Waals surface area contributed by atoms with Crippen molar-refractivity contribution in [2.75, 3.05) is 13.1 Å². The highest BCUT2D eigenvalue weighted by atomic mass is 15.4. The van der Waals surface area contributed by atoms with Crippen LogP contribution in [0.5, 0.6) is 0 Å². The Bertz CT molecular complexity index is 533. The second-order valence-electron chi connectivity index (χ2n) is 6.07. The number of rotatable bonds is 4. The molecule has 0 saturated carbocycles. The lowest BCUT2D eigenvalue weighted by molar-refractivity contribution is -0.947. The van der Waals surface area contributed by atoms with Gasteiger partial charge in [0.1, 0.15) is 13.1 Å². The second kappa shape index (κ2) is 4.97. The van der Waals surface area contributed by atoms with Gasteiger partial charge in [0.15, 0.2) is 0 Å². The number of benzene rings is 2. The van der Waals surface area contributed by atoms with E-state index in [1.165, 1.54) is 54.3 Å². The van der Waals surface area contributed by atoms with E-state index in [0.29, 0.717) is 0 Å². The van der Waals surface area contributed by atoms with Crippen LogP contribution in [0.15, 0.2) is 36.4 Å². The highest BCUT2D eigenvalue weighted by molar-refractivity contribution is 5.84. The zero-order valence-electron chi connectivity index (χ0n) is 12.2. The summed E-state index contributed by atoms with van der Waals surface area (Å²) < 4.78 is 1.28. The molecule has 0 aromatic heterocycles. The van der Waals surface area contributed by atoms with Gasteiger partial charge in [-0.05, 0) is 35.7 Å². The first-order valence-corrected chi connectivity index (χ1v) is 7.62. The van der Waals surface area contributed by atoms with Gasteiger partial charge in [0.2, 0.25) is 0 Å². The van der Waals surface area contributed by atoms with Crippen molar-refractivity contribution >= 4 is 10.8 Å². The Balaban J connectivity index is 2.00. The van der Waals surface area contributed by atoms with Crippen molar-refractivity contribution < 1.29 is 4.48 Å². The fraction of sp³-hybridized carbons (Fsp3) is 0.444. The molecule has 1 heterocycles. The minimum absolute atomic E-state index is 1.24. The maximum Gasteiger partial charge on any atom is 0.105 e. The molecule has 0 unspecified atom stereocenters. The lowest BCUT2D eigenvalue weighted by atomic mass is 10.0. The van der Waals surface area contributed by atoms with E-state index < -0.39 is 0 Å². The molecule has 1 heteroatoms. The summed E-state index contributed by atoms with van der Waals surface area (Å²) in [5.74, 6) is 0. The molecule has 0 N–H and O–H groups in total. The summed E-state index contributed by atoms with van der Waals surface area (Å²) in [6.45, 7) is 9.74. The van der Waals surface area contributed by atoms with Crippen LogP contribution in [0.25, 0.3) is 10.8 Å². The third-order valence-electron chi connectivity index (χ3n) is 4.48. The molecule has 0 atom stereocenters. The van der Waals surface area contributed by atoms with Crippen molar-refractivity contribution in [2.24, 2.45) is 0 Å². The Kier molecular flexibility index (Phi) is 3.32. The van der Waals surface area contributed by atoms with E-state index in [9.17, 15) is 0 Å². The van der Waals surface area contributed by atoms with Crippen molar-refractivity contribution in [3.8, 4) is 0 Å². The van der Waals surface area contributed by atoms with Crippen molar-refractivity contribution in [1.29, 1.82) is 0 Å². The first-order valence-electron chi connectivity index (χ1n) is 7.62. The second-order valence-corrected chi connectivity index (χ2v) is 6.07. The van der Waals surface area contributed by atoms with E-state index in [1.54, 1.807) is 11.1 Å². The summed E-state index contributed by atoms with van der Waals surface area (Å²) in [5, 5.41) is 2.79. The summed E-state index contributed by atoms with van der Waals surface area (Å²) in [6.07, 6.45) is 2.57. The normalized spacial score (nSPS) is 16.7. The molecule has 2 aromatic rings. The van der Waals surface area contributed by atoms with Gasteiger partial charge in [-0.25, -0.2) is 0 Å². The van der Waals surface area contributed by atoms with Crippen LogP contribution in [0.3, 0.4) is 0 Å². The summed E-state index contributed by atoms with van der Waals surface area (Å²) in [4.78, 5) is 0. The molecule has 0 amide bonds. The molecule has 100 valence electrons. The average molecular weight is 254 g/mol. The van der Waals surface area contributed by atoms with Gasteiger partial charge < -0.3 is 4.48 Å². The number of hydrogen-bond donors (Lipinski definition) is 0. The summed E-state index contributed by atoms with van der Waals surface area (Å²) in [7, 11) is 0. The molecule has 0 aliphatic carbocycles. The van der Waals surface area contributed by atoms with Gasteiger partial charge in [-0.1, -0.05) is 38.1 Å². The lowest BCUT2D eigenvalue weighted by Gasteiger charge is -2.33. The third-order valence-corrected chi connectivity index (χ3v) is 4.48. The van der Waals surface area contributed by atoms with Crippen LogP contribution in [-0.2, 0) is 13.1 Å². The molecule has 1 aliphatic heterocycles. The average Bonchev–Trinajstić information content (AvgIpc) is 2.73. The summed E-state index contributed by atoms with van der Waals surface area (Å²) in [6, 6.07) is 13.6. The zero-order chi connectivity index (χ0) is 13.3. The van der Waals surface area contributed by atoms with E-state index in [4.69, 9.17) is 0 Å². The Morgan fingerprint density at radius 2 is 1.32 bits per heavy atom. The molecular formula is C18H24N+. The standard InChI is InChI=1S/C18H24N/c1-3-9-19(10-4-2)13-17-11-15-7-5-6-8-16(15)12-18(17)14-19/h5-8,11-12H,3-4,9-10,13-14H2,1-2H3/q+1. The maximum absolute atomic E-state index is 2.43. The molecule has 19 heavy (non-hydrogen) atoms. The molecule has 1 aliphatic rings. The van der Waals surface area contributed by atoms with Crippen molar-refractivity contribution in [2.45, 2.75) is 39.8 Å². The minimum Gasteiger partial charge on any atom is -0.316 e. The smallest absolute Gasteiger partial charge is 0.105 e. The Hall–Kier alpha value is -1.34. The maximum atomic E-state index is 2.43. The van der Waals surface area contributed by atoms with E-state index in [-0.39, 0.29) is 0 Å². The van der Waals surface area contributed by atoms with Gasteiger partial charge in [0.05, 0.1) is 13.1 Å². The van der Waals surface area contributed by atoms with Crippen LogP contribution in [0.2, 0.25) is 0 Å². The fourth-order valence-electron chi connectivity index (χ4n) is 3.78. The molecular weight excluding hydrogens is 230 g/mol. The van der Waals surface area contributed by atoms with E-state index in [1.807, 2.05) is 0 Å². The van der Waals surface area contributed by atoms with Gasteiger partial charge in [-0.2, -0.15) is 0 Å². The Labute approximate surface area is 116 Å². The van der Waals surface area contributed by atoms with Crippen LogP contribution < -0.4 is 0 Å². The third kappa shape index (κ3) is 2.28. The highest BCUT2D eigenvalue weighted by Crippen LogP contribution is 2.33. The molecule has 2 aromatic carbocycles. The monoisotopic (exact) mass is 254 g/mol. The van der Waals surface area contributed by atoms with Crippen molar-refractivity contribution in [3.63, 3.8) is 0 Å². The molecule has 0 bridgehead atoms. The molecule has 3 rings (SSSR count). The van der Waals surface area contributed by atoms with Gasteiger partial charge in [0, 0.05) is 11.1 Å². The molecule has 1 nitrogen and oxygen atoms in total. The Morgan fingerprint density at radius 1 is 0.842 bits per heavy atom. The summed E-state index contributed by atoms with van der Waals surface area (Å²) >= 11 is 0. The van der Waals surface area contributed by atoms with E-state index in [0.717, 1.165) is 0 Å². The fourth-order valence-corrected chi connectivity index (χ4v) is 3.78. The number of quaternary nitrogens is 1. The number of fused-ring (bicyclic) bond motifs is 2. The molecule has 0 saturated heterocycles. The van der Waals surface area contributed by atoms with E-state index >= 15 is 0 Å². The van der Waals surface area contributed by atoms with Crippen LogP contribution in [-0.4, -0.2) is 17.6 Å². The van der Waals surface area contributed by atoms with Crippen molar-refractivity contribution in [1.82, 2.24) is 0 Å². The number of nitrogens with zero attached hydrogens (tertiary/aromatic N) is 1. The quantitative estimate of drug-likeness (QED) is 0.705. The zero-order valence-corrected chi connectivity index (χ0v) is 12.2. The van der Waals surface area contributed by atoms with Crippen LogP contribution in [0.1, 0.15) is 37.8 Å². The van der Waals surface area contributed by atoms with Gasteiger partial charge in [-0.15, -0.1) is 0 Å². The predicted octanol–water partition coefficient (Wildman–Crippen LogP) is 4.49. The molecule has 0 radical (unpaired) electrons. The topological polar surface area (TPSA) is 0 Å². The lowest BCUT2D eigenvalue weighted by Crippen LogP contribution is -2.43. The summed E-state index contributed by atoms with van der Waals surface area (Å²) in [5.41, 5.74) is 3.17.